The van der Waals surface area contributed by atoms with Gasteiger partial charge in [-0.15, -0.1) is 0 Å². The zero-order chi connectivity index (χ0) is 11.7. The first kappa shape index (κ1) is 11.1. The van der Waals surface area contributed by atoms with Crippen LogP contribution in [0, 0.1) is 5.92 Å². The molecule has 1 aromatic rings. The molecular formula is C14H20N2O. The Morgan fingerprint density at radius 2 is 1.88 bits per heavy atom. The minimum Gasteiger partial charge on any atom is -0.378 e. The lowest BCUT2D eigenvalue weighted by Gasteiger charge is -2.28. The third-order valence-electron chi connectivity index (χ3n) is 3.92. The molecule has 3 nitrogen and oxygen atoms in total. The lowest BCUT2D eigenvalue weighted by molar-refractivity contribution is 0.122. The molecule has 2 atom stereocenters. The predicted molar refractivity (Wildman–Crippen MR) is 69.4 cm³/mol. The molecule has 2 N–H and O–H groups in total. The number of anilines is 1. The molecule has 1 saturated heterocycles. The summed E-state index contributed by atoms with van der Waals surface area (Å²) in [6.45, 7) is 4.54. The Balaban J connectivity index is 1.67. The lowest BCUT2D eigenvalue weighted by atomic mass is 10.1. The van der Waals surface area contributed by atoms with Gasteiger partial charge in [0, 0.05) is 18.8 Å². The van der Waals surface area contributed by atoms with Gasteiger partial charge in [0.25, 0.3) is 0 Å². The largest absolute Gasteiger partial charge is 0.378 e. The van der Waals surface area contributed by atoms with Gasteiger partial charge in [-0.2, -0.15) is 0 Å². The smallest absolute Gasteiger partial charge is 0.0642 e. The van der Waals surface area contributed by atoms with Gasteiger partial charge in [0.15, 0.2) is 0 Å². The summed E-state index contributed by atoms with van der Waals surface area (Å²) in [4.78, 5) is 2.39. The minimum absolute atomic E-state index is 0.721. The molecule has 1 heterocycles. The molecule has 0 radical (unpaired) electrons. The highest BCUT2D eigenvalue weighted by molar-refractivity contribution is 5.49. The topological polar surface area (TPSA) is 38.5 Å². The average molecular weight is 232 g/mol. The fourth-order valence-corrected chi connectivity index (χ4v) is 2.67. The SMILES string of the molecule is NCC1CC1c1ccc(N2CCOCC2)cc1. The van der Waals surface area contributed by atoms with Gasteiger partial charge in [-0.25, -0.2) is 0 Å². The maximum Gasteiger partial charge on any atom is 0.0642 e. The Labute approximate surface area is 103 Å². The second kappa shape index (κ2) is 4.67. The molecule has 1 saturated carbocycles. The van der Waals surface area contributed by atoms with E-state index in [1.165, 1.54) is 17.7 Å². The summed E-state index contributed by atoms with van der Waals surface area (Å²) < 4.78 is 5.37. The number of benzene rings is 1. The summed E-state index contributed by atoms with van der Waals surface area (Å²) in [5, 5.41) is 0. The summed E-state index contributed by atoms with van der Waals surface area (Å²) in [5.41, 5.74) is 8.46. The van der Waals surface area contributed by atoms with Crippen LogP contribution in [0.4, 0.5) is 5.69 Å². The summed E-state index contributed by atoms with van der Waals surface area (Å²) in [5.74, 6) is 1.45. The molecular weight excluding hydrogens is 212 g/mol. The van der Waals surface area contributed by atoms with Crippen molar-refractivity contribution in [1.82, 2.24) is 0 Å². The molecule has 0 spiro atoms. The third kappa shape index (κ3) is 2.31. The van der Waals surface area contributed by atoms with Gasteiger partial charge in [-0.3, -0.25) is 0 Å². The fraction of sp³-hybridized carbons (Fsp3) is 0.571. The average Bonchev–Trinajstić information content (AvgIpc) is 3.19. The number of hydrogen-bond donors (Lipinski definition) is 1. The van der Waals surface area contributed by atoms with Crippen molar-refractivity contribution in [2.24, 2.45) is 11.7 Å². The Morgan fingerprint density at radius 1 is 1.18 bits per heavy atom. The van der Waals surface area contributed by atoms with Crippen molar-refractivity contribution in [3.05, 3.63) is 29.8 Å². The van der Waals surface area contributed by atoms with Crippen molar-refractivity contribution in [3.8, 4) is 0 Å². The van der Waals surface area contributed by atoms with Crippen LogP contribution in [-0.2, 0) is 4.74 Å². The second-order valence-electron chi connectivity index (χ2n) is 5.03. The van der Waals surface area contributed by atoms with Gasteiger partial charge in [-0.1, -0.05) is 12.1 Å². The number of ether oxygens (including phenoxy) is 1. The molecule has 1 aliphatic carbocycles. The molecule has 92 valence electrons. The van der Waals surface area contributed by atoms with Gasteiger partial charge in [0.2, 0.25) is 0 Å². The number of nitrogens with two attached hydrogens (primary N) is 1. The van der Waals surface area contributed by atoms with Gasteiger partial charge >= 0.3 is 0 Å². The van der Waals surface area contributed by atoms with Crippen LogP contribution in [0.15, 0.2) is 24.3 Å². The molecule has 0 aromatic heterocycles. The molecule has 2 unspecified atom stereocenters. The molecule has 2 aliphatic rings. The first-order chi connectivity index (χ1) is 8.38. The molecule has 1 aliphatic heterocycles. The first-order valence-electron chi connectivity index (χ1n) is 6.51. The van der Waals surface area contributed by atoms with Crippen molar-refractivity contribution in [3.63, 3.8) is 0 Å². The zero-order valence-electron chi connectivity index (χ0n) is 10.1. The number of hydrogen-bond acceptors (Lipinski definition) is 3. The van der Waals surface area contributed by atoms with Gasteiger partial charge in [-0.05, 0) is 42.5 Å². The molecule has 17 heavy (non-hydrogen) atoms. The highest BCUT2D eigenvalue weighted by Gasteiger charge is 2.36. The van der Waals surface area contributed by atoms with E-state index in [4.69, 9.17) is 10.5 Å². The number of rotatable bonds is 3. The Bertz CT molecular complexity index is 370. The van der Waals surface area contributed by atoms with E-state index in [0.29, 0.717) is 0 Å². The molecule has 2 fully saturated rings. The van der Waals surface area contributed by atoms with Gasteiger partial charge < -0.3 is 15.4 Å². The van der Waals surface area contributed by atoms with Crippen molar-refractivity contribution in [1.29, 1.82) is 0 Å². The quantitative estimate of drug-likeness (QED) is 0.860. The fourth-order valence-electron chi connectivity index (χ4n) is 2.67. The van der Waals surface area contributed by atoms with E-state index in [-0.39, 0.29) is 0 Å². The zero-order valence-corrected chi connectivity index (χ0v) is 10.1. The summed E-state index contributed by atoms with van der Waals surface area (Å²) in [6.07, 6.45) is 1.27. The third-order valence-corrected chi connectivity index (χ3v) is 3.92. The van der Waals surface area contributed by atoms with Crippen LogP contribution < -0.4 is 10.6 Å². The van der Waals surface area contributed by atoms with Crippen LogP contribution in [0.25, 0.3) is 0 Å². The van der Waals surface area contributed by atoms with Crippen molar-refractivity contribution in [2.75, 3.05) is 37.7 Å². The molecule has 0 amide bonds. The van der Waals surface area contributed by atoms with E-state index >= 15 is 0 Å². The second-order valence-corrected chi connectivity index (χ2v) is 5.03. The highest BCUT2D eigenvalue weighted by atomic mass is 16.5. The van der Waals surface area contributed by atoms with Gasteiger partial charge in [0.05, 0.1) is 13.2 Å². The summed E-state index contributed by atoms with van der Waals surface area (Å²) >= 11 is 0. The van der Waals surface area contributed by atoms with Crippen LogP contribution in [0.2, 0.25) is 0 Å². The monoisotopic (exact) mass is 232 g/mol. The molecule has 3 heteroatoms. The normalized spacial score (nSPS) is 28.2. The van der Waals surface area contributed by atoms with Crippen molar-refractivity contribution < 1.29 is 4.74 Å². The van der Waals surface area contributed by atoms with Crippen LogP contribution >= 0.6 is 0 Å². The van der Waals surface area contributed by atoms with E-state index in [9.17, 15) is 0 Å². The van der Waals surface area contributed by atoms with Crippen LogP contribution in [0.3, 0.4) is 0 Å². The standard InChI is InChI=1S/C14H20N2O/c15-10-12-9-14(12)11-1-3-13(4-2-11)16-5-7-17-8-6-16/h1-4,12,14H,5-10,15H2. The minimum atomic E-state index is 0.721. The van der Waals surface area contributed by atoms with E-state index in [2.05, 4.69) is 29.2 Å². The highest BCUT2D eigenvalue weighted by Crippen LogP contribution is 2.46. The molecule has 3 rings (SSSR count). The van der Waals surface area contributed by atoms with Crippen molar-refractivity contribution >= 4 is 5.69 Å². The van der Waals surface area contributed by atoms with Crippen LogP contribution in [0.5, 0.6) is 0 Å². The van der Waals surface area contributed by atoms with Crippen molar-refractivity contribution in [2.45, 2.75) is 12.3 Å². The maximum absolute atomic E-state index is 5.69. The lowest BCUT2D eigenvalue weighted by Crippen LogP contribution is -2.36. The molecule has 1 aromatic carbocycles. The van der Waals surface area contributed by atoms with E-state index < -0.39 is 0 Å². The number of morpholine rings is 1. The van der Waals surface area contributed by atoms with Crippen LogP contribution in [0.1, 0.15) is 17.9 Å². The van der Waals surface area contributed by atoms with Crippen LogP contribution in [-0.4, -0.2) is 32.8 Å². The Hall–Kier alpha value is -1.06. The maximum atomic E-state index is 5.69. The number of nitrogens with zero attached hydrogens (tertiary/aromatic N) is 1. The summed E-state index contributed by atoms with van der Waals surface area (Å²) in [6, 6.07) is 9.02. The van der Waals surface area contributed by atoms with E-state index in [0.717, 1.165) is 44.7 Å². The van der Waals surface area contributed by atoms with E-state index in [1.54, 1.807) is 0 Å². The molecule has 0 bridgehead atoms. The van der Waals surface area contributed by atoms with E-state index in [1.807, 2.05) is 0 Å². The Kier molecular flexibility index (Phi) is 3.04. The summed E-state index contributed by atoms with van der Waals surface area (Å²) in [7, 11) is 0. The first-order valence-corrected chi connectivity index (χ1v) is 6.51. The predicted octanol–water partition coefficient (Wildman–Crippen LogP) is 1.59. The van der Waals surface area contributed by atoms with Gasteiger partial charge in [0.1, 0.15) is 0 Å². The Morgan fingerprint density at radius 3 is 2.47 bits per heavy atom.